The summed E-state index contributed by atoms with van der Waals surface area (Å²) in [5.74, 6) is -0.396. The predicted molar refractivity (Wildman–Crippen MR) is 122 cm³/mol. The third-order valence-electron chi connectivity index (χ3n) is 4.56. The minimum Gasteiger partial charge on any atom is -0.497 e. The fourth-order valence-electron chi connectivity index (χ4n) is 2.92. The highest BCUT2D eigenvalue weighted by molar-refractivity contribution is 6.27. The van der Waals surface area contributed by atoms with Crippen LogP contribution in [0.1, 0.15) is 12.5 Å². The zero-order valence-electron chi connectivity index (χ0n) is 18.9. The molecule has 1 heterocycles. The Kier molecular flexibility index (Phi) is 9.10. The zero-order valence-corrected chi connectivity index (χ0v) is 18.9. The van der Waals surface area contributed by atoms with E-state index in [0.29, 0.717) is 13.2 Å². The number of carbonyl (C=O) groups is 2. The molecule has 0 radical (unpaired) electrons. The van der Waals surface area contributed by atoms with Crippen LogP contribution in [-0.4, -0.2) is 52.5 Å². The number of methoxy groups -OCH3 is 2. The van der Waals surface area contributed by atoms with E-state index in [1.165, 1.54) is 0 Å². The van der Waals surface area contributed by atoms with Gasteiger partial charge in [0.15, 0.2) is 0 Å². The van der Waals surface area contributed by atoms with Gasteiger partial charge in [-0.05, 0) is 49.4 Å². The first-order chi connectivity index (χ1) is 15.8. The number of ether oxygens (including phenoxy) is 3. The lowest BCUT2D eigenvalue weighted by Gasteiger charge is -2.12. The first-order valence-electron chi connectivity index (χ1n) is 9.96. The molecule has 0 aliphatic rings. The SMILES string of the molecule is CCOc1ccc(-c2cnc(NCc3cc(OC)ccc3OC)n2C)cc1.O=C(O)C(=O)O. The number of benzene rings is 2. The summed E-state index contributed by atoms with van der Waals surface area (Å²) < 4.78 is 18.3. The highest BCUT2D eigenvalue weighted by Gasteiger charge is 2.11. The molecule has 0 fully saturated rings. The van der Waals surface area contributed by atoms with Crippen LogP contribution in [0.25, 0.3) is 11.3 Å². The van der Waals surface area contributed by atoms with Crippen LogP contribution in [0, 0.1) is 0 Å². The molecule has 3 rings (SSSR count). The number of carboxylic acid groups (broad SMARTS) is 2. The summed E-state index contributed by atoms with van der Waals surface area (Å²) in [6.07, 6.45) is 1.86. The van der Waals surface area contributed by atoms with Crippen molar-refractivity contribution in [2.24, 2.45) is 7.05 Å². The normalized spacial score (nSPS) is 9.94. The quantitative estimate of drug-likeness (QED) is 0.436. The number of aliphatic carboxylic acids is 2. The number of rotatable bonds is 8. The number of nitrogens with one attached hydrogen (secondary N) is 1. The topological polar surface area (TPSA) is 132 Å². The van der Waals surface area contributed by atoms with Gasteiger partial charge in [0.05, 0.1) is 32.7 Å². The summed E-state index contributed by atoms with van der Waals surface area (Å²) >= 11 is 0. The third kappa shape index (κ3) is 6.89. The average molecular weight is 457 g/mol. The molecule has 176 valence electrons. The summed E-state index contributed by atoms with van der Waals surface area (Å²) in [6, 6.07) is 13.8. The lowest BCUT2D eigenvalue weighted by Crippen LogP contribution is -2.09. The van der Waals surface area contributed by atoms with Gasteiger partial charge in [-0.15, -0.1) is 0 Å². The van der Waals surface area contributed by atoms with E-state index in [-0.39, 0.29) is 0 Å². The second-order valence-corrected chi connectivity index (χ2v) is 6.63. The summed E-state index contributed by atoms with van der Waals surface area (Å²) in [7, 11) is 5.31. The zero-order chi connectivity index (χ0) is 24.4. The second kappa shape index (κ2) is 12.0. The van der Waals surface area contributed by atoms with Crippen molar-refractivity contribution in [1.29, 1.82) is 0 Å². The van der Waals surface area contributed by atoms with Gasteiger partial charge >= 0.3 is 11.9 Å². The summed E-state index contributed by atoms with van der Waals surface area (Å²) in [6.45, 7) is 3.21. The molecule has 3 N–H and O–H groups in total. The van der Waals surface area contributed by atoms with Crippen LogP contribution in [0.3, 0.4) is 0 Å². The van der Waals surface area contributed by atoms with E-state index in [1.54, 1.807) is 14.2 Å². The number of anilines is 1. The van der Waals surface area contributed by atoms with Crippen molar-refractivity contribution < 1.29 is 34.0 Å². The van der Waals surface area contributed by atoms with E-state index < -0.39 is 11.9 Å². The van der Waals surface area contributed by atoms with Gasteiger partial charge in [-0.1, -0.05) is 0 Å². The molecular formula is C23H27N3O7. The lowest BCUT2D eigenvalue weighted by atomic mass is 10.1. The largest absolute Gasteiger partial charge is 0.497 e. The van der Waals surface area contributed by atoms with Crippen LogP contribution in [0.4, 0.5) is 5.95 Å². The molecule has 10 heteroatoms. The maximum atomic E-state index is 9.10. The maximum Gasteiger partial charge on any atom is 0.414 e. The molecule has 0 unspecified atom stereocenters. The van der Waals surface area contributed by atoms with Gasteiger partial charge in [0.2, 0.25) is 5.95 Å². The molecule has 3 aromatic rings. The number of hydrogen-bond acceptors (Lipinski definition) is 7. The van der Waals surface area contributed by atoms with Crippen molar-refractivity contribution in [2.75, 3.05) is 26.1 Å². The summed E-state index contributed by atoms with van der Waals surface area (Å²) in [5, 5.41) is 18.2. The standard InChI is InChI=1S/C21H25N3O3.C2H2O4/c1-5-27-17-8-6-15(7-9-17)19-14-23-21(24(19)2)22-13-16-12-18(25-3)10-11-20(16)26-4;3-1(4)2(5)6/h6-12,14H,5,13H2,1-4H3,(H,22,23);(H,3,4)(H,5,6). The smallest absolute Gasteiger partial charge is 0.414 e. The van der Waals surface area contributed by atoms with Crippen LogP contribution in [0.5, 0.6) is 17.2 Å². The molecule has 0 bridgehead atoms. The fourth-order valence-corrected chi connectivity index (χ4v) is 2.92. The monoisotopic (exact) mass is 457 g/mol. The summed E-state index contributed by atoms with van der Waals surface area (Å²) in [4.78, 5) is 22.7. The van der Waals surface area contributed by atoms with Gasteiger partial charge in [-0.25, -0.2) is 14.6 Å². The first kappa shape index (κ1) is 25.1. The van der Waals surface area contributed by atoms with Gasteiger partial charge in [-0.3, -0.25) is 0 Å². The lowest BCUT2D eigenvalue weighted by molar-refractivity contribution is -0.159. The highest BCUT2D eigenvalue weighted by atomic mass is 16.5. The van der Waals surface area contributed by atoms with Crippen molar-refractivity contribution in [1.82, 2.24) is 9.55 Å². The number of aromatic nitrogens is 2. The van der Waals surface area contributed by atoms with Crippen molar-refractivity contribution in [3.63, 3.8) is 0 Å². The van der Waals surface area contributed by atoms with Gasteiger partial charge in [0, 0.05) is 24.7 Å². The Morgan fingerprint density at radius 2 is 1.64 bits per heavy atom. The molecule has 0 saturated heterocycles. The average Bonchev–Trinajstić information content (AvgIpc) is 3.18. The Balaban J connectivity index is 0.000000569. The number of imidazole rings is 1. The molecule has 1 aromatic heterocycles. The van der Waals surface area contributed by atoms with E-state index in [0.717, 1.165) is 40.0 Å². The first-order valence-corrected chi connectivity index (χ1v) is 9.96. The van der Waals surface area contributed by atoms with Crippen molar-refractivity contribution in [3.05, 3.63) is 54.2 Å². The molecule has 0 saturated carbocycles. The predicted octanol–water partition coefficient (Wildman–Crippen LogP) is 3.27. The Bertz CT molecular complexity index is 1070. The van der Waals surface area contributed by atoms with Gasteiger partial charge < -0.3 is 34.3 Å². The maximum absolute atomic E-state index is 9.10. The number of hydrogen-bond donors (Lipinski definition) is 3. The molecule has 0 aliphatic heterocycles. The van der Waals surface area contributed by atoms with Crippen LogP contribution in [0.15, 0.2) is 48.7 Å². The van der Waals surface area contributed by atoms with E-state index in [9.17, 15) is 0 Å². The molecule has 0 atom stereocenters. The van der Waals surface area contributed by atoms with Gasteiger partial charge in [-0.2, -0.15) is 0 Å². The van der Waals surface area contributed by atoms with Crippen LogP contribution in [-0.2, 0) is 23.2 Å². The van der Waals surface area contributed by atoms with E-state index >= 15 is 0 Å². The molecule has 0 aliphatic carbocycles. The molecule has 33 heavy (non-hydrogen) atoms. The second-order valence-electron chi connectivity index (χ2n) is 6.63. The third-order valence-corrected chi connectivity index (χ3v) is 4.56. The minimum absolute atomic E-state index is 0.577. The Labute approximate surface area is 191 Å². The molecular weight excluding hydrogens is 430 g/mol. The van der Waals surface area contributed by atoms with Crippen molar-refractivity contribution in [2.45, 2.75) is 13.5 Å². The Hall–Kier alpha value is -4.21. The molecule has 0 amide bonds. The van der Waals surface area contributed by atoms with Crippen LogP contribution >= 0.6 is 0 Å². The molecule has 10 nitrogen and oxygen atoms in total. The van der Waals surface area contributed by atoms with Crippen LogP contribution in [0.2, 0.25) is 0 Å². The Morgan fingerprint density at radius 3 is 2.18 bits per heavy atom. The van der Waals surface area contributed by atoms with Gasteiger partial charge in [0.1, 0.15) is 17.2 Å². The molecule has 0 spiro atoms. The molecule has 2 aromatic carbocycles. The van der Waals surface area contributed by atoms with Crippen molar-refractivity contribution >= 4 is 17.9 Å². The van der Waals surface area contributed by atoms with Crippen molar-refractivity contribution in [3.8, 4) is 28.5 Å². The number of nitrogens with zero attached hydrogens (tertiary/aromatic N) is 2. The van der Waals surface area contributed by atoms with E-state index in [1.807, 2.05) is 67.2 Å². The summed E-state index contributed by atoms with van der Waals surface area (Å²) in [5.41, 5.74) is 3.11. The minimum atomic E-state index is -1.82. The Morgan fingerprint density at radius 1 is 1.00 bits per heavy atom. The van der Waals surface area contributed by atoms with E-state index in [4.69, 9.17) is 34.0 Å². The van der Waals surface area contributed by atoms with E-state index in [2.05, 4.69) is 10.3 Å². The van der Waals surface area contributed by atoms with Gasteiger partial charge in [0.25, 0.3) is 0 Å². The highest BCUT2D eigenvalue weighted by Crippen LogP contribution is 2.27. The number of carboxylic acids is 2. The fraction of sp³-hybridized carbons (Fsp3) is 0.261. The van der Waals surface area contributed by atoms with Crippen LogP contribution < -0.4 is 19.5 Å².